The van der Waals surface area contributed by atoms with E-state index >= 15 is 0 Å². The van der Waals surface area contributed by atoms with Gasteiger partial charge in [0, 0.05) is 5.92 Å². The largest absolute Gasteiger partial charge is 0.294 e. The van der Waals surface area contributed by atoms with Gasteiger partial charge < -0.3 is 0 Å². The van der Waals surface area contributed by atoms with Crippen LogP contribution < -0.4 is 0 Å². The van der Waals surface area contributed by atoms with Gasteiger partial charge in [0.2, 0.25) is 0 Å². The van der Waals surface area contributed by atoms with Gasteiger partial charge in [-0.1, -0.05) is 75.4 Å². The lowest BCUT2D eigenvalue weighted by atomic mass is 9.73. The molecule has 1 saturated carbocycles. The van der Waals surface area contributed by atoms with Crippen LogP contribution in [0.4, 0.5) is 0 Å². The molecule has 2 unspecified atom stereocenters. The van der Waals surface area contributed by atoms with E-state index in [-0.39, 0.29) is 5.92 Å². The van der Waals surface area contributed by atoms with E-state index in [9.17, 15) is 4.79 Å². The number of hydrogen-bond donors (Lipinski definition) is 0. The zero-order valence-electron chi connectivity index (χ0n) is 14.8. The van der Waals surface area contributed by atoms with Crippen LogP contribution in [-0.4, -0.2) is 5.78 Å². The average Bonchev–Trinajstić information content (AvgIpc) is 2.59. The number of carbonyl (C=O) groups is 1. The van der Waals surface area contributed by atoms with Gasteiger partial charge in [-0.25, -0.2) is 0 Å². The standard InChI is InChI=1S/C23H26O/c1-16(2)21-14-9-17(3)22(23(21)24)15-18-10-12-20(13-11-18)19-7-5-4-6-8-19/h4-8,10-13,15-17,21H,9,14H2,1-3H3/b22-15+. The summed E-state index contributed by atoms with van der Waals surface area (Å²) in [5.41, 5.74) is 4.56. The summed E-state index contributed by atoms with van der Waals surface area (Å²) in [5, 5.41) is 0. The summed E-state index contributed by atoms with van der Waals surface area (Å²) < 4.78 is 0. The number of allylic oxidation sites excluding steroid dienone is 1. The van der Waals surface area contributed by atoms with Gasteiger partial charge in [0.25, 0.3) is 0 Å². The van der Waals surface area contributed by atoms with E-state index in [1.807, 2.05) is 6.07 Å². The lowest BCUT2D eigenvalue weighted by Gasteiger charge is -2.30. The van der Waals surface area contributed by atoms with Gasteiger partial charge in [0.15, 0.2) is 5.78 Å². The number of hydrogen-bond acceptors (Lipinski definition) is 1. The summed E-state index contributed by atoms with van der Waals surface area (Å²) in [7, 11) is 0. The van der Waals surface area contributed by atoms with E-state index in [2.05, 4.69) is 75.4 Å². The fourth-order valence-electron chi connectivity index (χ4n) is 3.60. The molecule has 1 fully saturated rings. The van der Waals surface area contributed by atoms with Crippen LogP contribution in [0.5, 0.6) is 0 Å². The van der Waals surface area contributed by atoms with Gasteiger partial charge in [-0.15, -0.1) is 0 Å². The Labute approximate surface area is 145 Å². The zero-order valence-corrected chi connectivity index (χ0v) is 14.8. The van der Waals surface area contributed by atoms with Crippen LogP contribution in [0.15, 0.2) is 60.2 Å². The monoisotopic (exact) mass is 318 g/mol. The number of ketones is 1. The zero-order chi connectivity index (χ0) is 17.1. The highest BCUT2D eigenvalue weighted by molar-refractivity contribution is 6.02. The maximum atomic E-state index is 12.8. The van der Waals surface area contributed by atoms with Crippen molar-refractivity contribution in [3.8, 4) is 11.1 Å². The topological polar surface area (TPSA) is 17.1 Å². The van der Waals surface area contributed by atoms with Gasteiger partial charge in [0.1, 0.15) is 0 Å². The highest BCUT2D eigenvalue weighted by Gasteiger charge is 2.32. The maximum absolute atomic E-state index is 12.8. The van der Waals surface area contributed by atoms with Crippen molar-refractivity contribution in [2.24, 2.45) is 17.8 Å². The second-order valence-electron chi connectivity index (χ2n) is 7.28. The second-order valence-corrected chi connectivity index (χ2v) is 7.28. The summed E-state index contributed by atoms with van der Waals surface area (Å²) in [6.45, 7) is 6.49. The van der Waals surface area contributed by atoms with Gasteiger partial charge in [0.05, 0.1) is 0 Å². The van der Waals surface area contributed by atoms with E-state index in [0.29, 0.717) is 17.6 Å². The van der Waals surface area contributed by atoms with Crippen molar-refractivity contribution in [1.82, 2.24) is 0 Å². The molecule has 0 bridgehead atoms. The van der Waals surface area contributed by atoms with Crippen molar-refractivity contribution in [3.63, 3.8) is 0 Å². The molecular formula is C23H26O. The van der Waals surface area contributed by atoms with Crippen LogP contribution in [0.25, 0.3) is 17.2 Å². The summed E-state index contributed by atoms with van der Waals surface area (Å²) in [4.78, 5) is 12.8. The number of rotatable bonds is 3. The van der Waals surface area contributed by atoms with E-state index in [0.717, 1.165) is 24.0 Å². The van der Waals surface area contributed by atoms with Gasteiger partial charge in [-0.2, -0.15) is 0 Å². The Hall–Kier alpha value is -2.15. The Morgan fingerprint density at radius 1 is 0.917 bits per heavy atom. The molecule has 1 heteroatoms. The third-order valence-corrected chi connectivity index (χ3v) is 5.21. The quantitative estimate of drug-likeness (QED) is 0.633. The fraction of sp³-hybridized carbons (Fsp3) is 0.348. The lowest BCUT2D eigenvalue weighted by Crippen LogP contribution is -2.30. The smallest absolute Gasteiger partial charge is 0.162 e. The summed E-state index contributed by atoms with van der Waals surface area (Å²) >= 11 is 0. The summed E-state index contributed by atoms with van der Waals surface area (Å²) in [6, 6.07) is 18.9. The van der Waals surface area contributed by atoms with Crippen molar-refractivity contribution in [3.05, 3.63) is 65.7 Å². The molecule has 0 aliphatic heterocycles. The fourth-order valence-corrected chi connectivity index (χ4v) is 3.60. The molecule has 1 aliphatic rings. The number of carbonyl (C=O) groups excluding carboxylic acids is 1. The third-order valence-electron chi connectivity index (χ3n) is 5.21. The first-order valence-corrected chi connectivity index (χ1v) is 8.97. The molecule has 1 aliphatic carbocycles. The molecule has 24 heavy (non-hydrogen) atoms. The van der Waals surface area contributed by atoms with Crippen molar-refractivity contribution in [2.45, 2.75) is 33.6 Å². The normalized spacial score (nSPS) is 23.0. The second kappa shape index (κ2) is 7.17. The van der Waals surface area contributed by atoms with Crippen molar-refractivity contribution in [2.75, 3.05) is 0 Å². The molecule has 1 nitrogen and oxygen atoms in total. The van der Waals surface area contributed by atoms with E-state index in [1.54, 1.807) is 0 Å². The third kappa shape index (κ3) is 3.51. The minimum atomic E-state index is 0.191. The Morgan fingerprint density at radius 2 is 1.54 bits per heavy atom. The number of Topliss-reactive ketones (excluding diaryl/α,β-unsaturated/α-hetero) is 1. The van der Waals surface area contributed by atoms with Crippen LogP contribution in [0.3, 0.4) is 0 Å². The first-order valence-electron chi connectivity index (χ1n) is 8.97. The first-order chi connectivity index (χ1) is 11.6. The average molecular weight is 318 g/mol. The van der Waals surface area contributed by atoms with E-state index in [4.69, 9.17) is 0 Å². The minimum absolute atomic E-state index is 0.191. The molecule has 2 aromatic rings. The van der Waals surface area contributed by atoms with Gasteiger partial charge in [-0.3, -0.25) is 4.79 Å². The predicted octanol–water partition coefficient (Wildman–Crippen LogP) is 6.01. The van der Waals surface area contributed by atoms with Crippen molar-refractivity contribution < 1.29 is 4.79 Å². The molecule has 3 rings (SSSR count). The molecule has 0 saturated heterocycles. The Bertz CT molecular complexity index is 722. The predicted molar refractivity (Wildman–Crippen MR) is 102 cm³/mol. The van der Waals surface area contributed by atoms with Gasteiger partial charge in [-0.05, 0) is 53.0 Å². The highest BCUT2D eigenvalue weighted by atomic mass is 16.1. The van der Waals surface area contributed by atoms with Crippen LogP contribution in [-0.2, 0) is 4.79 Å². The number of benzene rings is 2. The Morgan fingerprint density at radius 3 is 2.17 bits per heavy atom. The summed E-state index contributed by atoms with van der Waals surface area (Å²) in [6.07, 6.45) is 4.25. The Kier molecular flexibility index (Phi) is 4.99. The molecule has 2 aromatic carbocycles. The Balaban J connectivity index is 1.86. The molecule has 0 spiro atoms. The van der Waals surface area contributed by atoms with Crippen molar-refractivity contribution in [1.29, 1.82) is 0 Å². The molecule has 0 radical (unpaired) electrons. The highest BCUT2D eigenvalue weighted by Crippen LogP contribution is 2.35. The van der Waals surface area contributed by atoms with Crippen LogP contribution in [0, 0.1) is 17.8 Å². The van der Waals surface area contributed by atoms with E-state index < -0.39 is 0 Å². The molecular weight excluding hydrogens is 292 g/mol. The van der Waals surface area contributed by atoms with Crippen molar-refractivity contribution >= 4 is 11.9 Å². The van der Waals surface area contributed by atoms with Gasteiger partial charge >= 0.3 is 0 Å². The van der Waals surface area contributed by atoms with Crippen LogP contribution in [0.1, 0.15) is 39.2 Å². The molecule has 0 N–H and O–H groups in total. The lowest BCUT2D eigenvalue weighted by molar-refractivity contribution is -0.122. The maximum Gasteiger partial charge on any atom is 0.162 e. The van der Waals surface area contributed by atoms with Crippen LogP contribution >= 0.6 is 0 Å². The summed E-state index contributed by atoms with van der Waals surface area (Å²) in [5.74, 6) is 1.34. The van der Waals surface area contributed by atoms with Crippen LogP contribution in [0.2, 0.25) is 0 Å². The minimum Gasteiger partial charge on any atom is -0.294 e. The molecule has 2 atom stereocenters. The van der Waals surface area contributed by atoms with E-state index in [1.165, 1.54) is 11.1 Å². The first kappa shape index (κ1) is 16.7. The molecule has 124 valence electrons. The molecule has 0 heterocycles. The SMILES string of the molecule is CC1CCC(C(C)C)C(=O)/C1=C/c1ccc(-c2ccccc2)cc1. The molecule has 0 aromatic heterocycles. The molecule has 0 amide bonds.